The van der Waals surface area contributed by atoms with Crippen molar-refractivity contribution in [3.8, 4) is 11.5 Å². The first-order valence-electron chi connectivity index (χ1n) is 13.1. The molecule has 3 aromatic rings. The van der Waals surface area contributed by atoms with E-state index in [1.54, 1.807) is 18.2 Å². The summed E-state index contributed by atoms with van der Waals surface area (Å²) in [5, 5.41) is 25.4. The molecule has 206 valence electrons. The highest BCUT2D eigenvalue weighted by atomic mass is 16.5. The Kier molecular flexibility index (Phi) is 11.1. The van der Waals surface area contributed by atoms with Crippen LogP contribution in [0.1, 0.15) is 37.8 Å². The first kappa shape index (κ1) is 29.4. The van der Waals surface area contributed by atoms with E-state index in [9.17, 15) is 19.5 Å². The molecule has 3 unspecified atom stereocenters. The van der Waals surface area contributed by atoms with Crippen molar-refractivity contribution < 1.29 is 29.3 Å². The summed E-state index contributed by atoms with van der Waals surface area (Å²) in [4.78, 5) is 37.3. The molecule has 0 aliphatic rings. The van der Waals surface area contributed by atoms with Crippen LogP contribution in [0.2, 0.25) is 0 Å². The monoisotopic (exact) mass is 532 g/mol. The van der Waals surface area contributed by atoms with Crippen LogP contribution >= 0.6 is 0 Å². The molecule has 0 aromatic heterocycles. The number of carbonyl (C=O) groups excluding carboxylic acids is 2. The molecule has 8 nitrogen and oxygen atoms in total. The van der Waals surface area contributed by atoms with Crippen LogP contribution in [0, 0.1) is 5.92 Å². The number of aliphatic carboxylic acids is 1. The molecule has 39 heavy (non-hydrogen) atoms. The van der Waals surface area contributed by atoms with Gasteiger partial charge in [0.1, 0.15) is 17.5 Å². The molecule has 0 bridgehead atoms. The molecule has 0 spiro atoms. The van der Waals surface area contributed by atoms with E-state index < -0.39 is 30.1 Å². The highest BCUT2D eigenvalue weighted by molar-refractivity contribution is 5.88. The lowest BCUT2D eigenvalue weighted by atomic mass is 9.96. The first-order chi connectivity index (χ1) is 18.7. The van der Waals surface area contributed by atoms with E-state index in [-0.39, 0.29) is 31.1 Å². The van der Waals surface area contributed by atoms with Gasteiger partial charge in [-0.25, -0.2) is 0 Å². The van der Waals surface area contributed by atoms with Crippen molar-refractivity contribution in [2.45, 2.75) is 57.7 Å². The van der Waals surface area contributed by atoms with Gasteiger partial charge in [0.15, 0.2) is 0 Å². The molecule has 0 heterocycles. The Morgan fingerprint density at radius 2 is 1.44 bits per heavy atom. The van der Waals surface area contributed by atoms with Crippen molar-refractivity contribution in [2.75, 3.05) is 0 Å². The number of benzene rings is 3. The van der Waals surface area contributed by atoms with Crippen LogP contribution < -0.4 is 15.4 Å². The largest absolute Gasteiger partial charge is 0.481 e. The maximum atomic E-state index is 13.3. The molecule has 0 saturated carbocycles. The predicted molar refractivity (Wildman–Crippen MR) is 148 cm³/mol. The molecule has 0 radical (unpaired) electrons. The van der Waals surface area contributed by atoms with E-state index in [0.717, 1.165) is 11.1 Å². The minimum atomic E-state index is -1.07. The maximum absolute atomic E-state index is 13.3. The Labute approximate surface area is 229 Å². The van der Waals surface area contributed by atoms with Crippen LogP contribution in [0.15, 0.2) is 84.9 Å². The Balaban J connectivity index is 1.65. The van der Waals surface area contributed by atoms with Crippen molar-refractivity contribution in [2.24, 2.45) is 5.92 Å². The summed E-state index contributed by atoms with van der Waals surface area (Å²) in [6, 6.07) is 24.3. The summed E-state index contributed by atoms with van der Waals surface area (Å²) in [6.07, 6.45) is -0.925. The molecule has 2 amide bonds. The van der Waals surface area contributed by atoms with Crippen molar-refractivity contribution >= 4 is 17.8 Å². The number of hydrogen-bond donors (Lipinski definition) is 4. The number of rotatable bonds is 14. The molecule has 0 fully saturated rings. The molecule has 4 N–H and O–H groups in total. The van der Waals surface area contributed by atoms with Gasteiger partial charge in [0.25, 0.3) is 0 Å². The Morgan fingerprint density at radius 1 is 0.821 bits per heavy atom. The molecule has 8 heteroatoms. The number of aliphatic hydroxyl groups excluding tert-OH is 1. The normalized spacial score (nSPS) is 13.2. The van der Waals surface area contributed by atoms with Crippen molar-refractivity contribution in [1.82, 2.24) is 10.6 Å². The Hall–Kier alpha value is -4.17. The number of amides is 2. The van der Waals surface area contributed by atoms with Crippen LogP contribution in [-0.2, 0) is 27.2 Å². The van der Waals surface area contributed by atoms with Crippen molar-refractivity contribution in [1.29, 1.82) is 0 Å². The third-order valence-electron chi connectivity index (χ3n) is 6.25. The van der Waals surface area contributed by atoms with E-state index >= 15 is 0 Å². The second-order valence-corrected chi connectivity index (χ2v) is 9.83. The Bertz CT molecular complexity index is 1220. The zero-order valence-corrected chi connectivity index (χ0v) is 22.2. The van der Waals surface area contributed by atoms with Gasteiger partial charge in [0.2, 0.25) is 11.8 Å². The van der Waals surface area contributed by atoms with Gasteiger partial charge in [0, 0.05) is 6.42 Å². The second-order valence-electron chi connectivity index (χ2n) is 9.83. The van der Waals surface area contributed by atoms with Gasteiger partial charge in [-0.2, -0.15) is 0 Å². The number of carbonyl (C=O) groups is 3. The molecular weight excluding hydrogens is 496 g/mol. The van der Waals surface area contributed by atoms with E-state index in [1.807, 2.05) is 80.6 Å². The average Bonchev–Trinajstić information content (AvgIpc) is 2.91. The van der Waals surface area contributed by atoms with Crippen LogP contribution in [0.4, 0.5) is 0 Å². The topological polar surface area (TPSA) is 125 Å². The zero-order chi connectivity index (χ0) is 28.2. The van der Waals surface area contributed by atoms with Gasteiger partial charge in [-0.3, -0.25) is 14.4 Å². The molecule has 3 rings (SSSR count). The third kappa shape index (κ3) is 9.90. The fraction of sp³-hybridized carbons (Fsp3) is 0.323. The van der Waals surface area contributed by atoms with E-state index in [4.69, 9.17) is 9.84 Å². The standard InChI is InChI=1S/C31H36N2O6/c1-21(2)30(31(38)32-26(27(34)16-17-29(36)37)19-22-10-5-3-6-11-22)33-28(35)20-23-12-9-15-25(18-23)39-24-13-7-4-8-14-24/h3-15,18,21,26-27,30,34H,16-17,19-20H2,1-2H3,(H,32,38)(H,33,35)(H,36,37). The lowest BCUT2D eigenvalue weighted by Crippen LogP contribution is -2.55. The second kappa shape index (κ2) is 14.7. The lowest BCUT2D eigenvalue weighted by molar-refractivity contribution is -0.137. The Morgan fingerprint density at radius 3 is 2.08 bits per heavy atom. The fourth-order valence-electron chi connectivity index (χ4n) is 4.18. The summed E-state index contributed by atoms with van der Waals surface area (Å²) in [6.45, 7) is 3.65. The summed E-state index contributed by atoms with van der Waals surface area (Å²) in [5.41, 5.74) is 1.62. The summed E-state index contributed by atoms with van der Waals surface area (Å²) in [5.74, 6) is -0.726. The molecular formula is C31H36N2O6. The smallest absolute Gasteiger partial charge is 0.303 e. The van der Waals surface area contributed by atoms with Gasteiger partial charge in [-0.05, 0) is 54.2 Å². The number of nitrogens with one attached hydrogen (secondary N) is 2. The number of ether oxygens (including phenoxy) is 1. The molecule has 0 saturated heterocycles. The third-order valence-corrected chi connectivity index (χ3v) is 6.25. The summed E-state index contributed by atoms with van der Waals surface area (Å²) < 4.78 is 5.85. The fourth-order valence-corrected chi connectivity index (χ4v) is 4.18. The maximum Gasteiger partial charge on any atom is 0.303 e. The van der Waals surface area contributed by atoms with Crippen molar-refractivity contribution in [3.63, 3.8) is 0 Å². The van der Waals surface area contributed by atoms with Crippen LogP contribution in [0.3, 0.4) is 0 Å². The zero-order valence-electron chi connectivity index (χ0n) is 22.2. The molecule has 0 aliphatic carbocycles. The van der Waals surface area contributed by atoms with Crippen LogP contribution in [0.25, 0.3) is 0 Å². The van der Waals surface area contributed by atoms with Crippen LogP contribution in [0.5, 0.6) is 11.5 Å². The summed E-state index contributed by atoms with van der Waals surface area (Å²) in [7, 11) is 0. The predicted octanol–water partition coefficient (Wildman–Crippen LogP) is 4.12. The van der Waals surface area contributed by atoms with Gasteiger partial charge < -0.3 is 25.6 Å². The molecule has 3 atom stereocenters. The number of aliphatic hydroxyl groups is 1. The van der Waals surface area contributed by atoms with Crippen molar-refractivity contribution in [3.05, 3.63) is 96.1 Å². The lowest BCUT2D eigenvalue weighted by Gasteiger charge is -2.28. The quantitative estimate of drug-likeness (QED) is 0.248. The van der Waals surface area contributed by atoms with Gasteiger partial charge >= 0.3 is 5.97 Å². The molecule has 0 aliphatic heterocycles. The summed E-state index contributed by atoms with van der Waals surface area (Å²) >= 11 is 0. The van der Waals surface area contributed by atoms with Gasteiger partial charge in [0.05, 0.1) is 18.6 Å². The van der Waals surface area contributed by atoms with Gasteiger partial charge in [-0.15, -0.1) is 0 Å². The number of hydrogen-bond acceptors (Lipinski definition) is 5. The van der Waals surface area contributed by atoms with E-state index in [0.29, 0.717) is 17.9 Å². The number of para-hydroxylation sites is 1. The van der Waals surface area contributed by atoms with E-state index in [2.05, 4.69) is 10.6 Å². The first-order valence-corrected chi connectivity index (χ1v) is 13.1. The minimum Gasteiger partial charge on any atom is -0.481 e. The minimum absolute atomic E-state index is 0.00674. The SMILES string of the molecule is CC(C)C(NC(=O)Cc1cccc(Oc2ccccc2)c1)C(=O)NC(Cc1ccccc1)C(O)CCC(=O)O. The number of carboxylic acids is 1. The molecule has 3 aromatic carbocycles. The van der Waals surface area contributed by atoms with E-state index in [1.165, 1.54) is 0 Å². The highest BCUT2D eigenvalue weighted by Gasteiger charge is 2.29. The average molecular weight is 533 g/mol. The number of carboxylic acid groups (broad SMARTS) is 1. The van der Waals surface area contributed by atoms with Gasteiger partial charge in [-0.1, -0.05) is 74.5 Å². The highest BCUT2D eigenvalue weighted by Crippen LogP contribution is 2.22. The van der Waals surface area contributed by atoms with Crippen LogP contribution in [-0.4, -0.2) is 46.2 Å².